The van der Waals surface area contributed by atoms with E-state index in [-0.39, 0.29) is 23.3 Å². The number of aryl methyl sites for hydroxylation is 1. The lowest BCUT2D eigenvalue weighted by molar-refractivity contribution is -0.111. The fourth-order valence-electron chi connectivity index (χ4n) is 4.92. The molecule has 2 N–H and O–H groups in total. The van der Waals surface area contributed by atoms with Gasteiger partial charge >= 0.3 is 0 Å². The third-order valence-electron chi connectivity index (χ3n) is 6.69. The number of nitrogens with one attached hydrogen (secondary N) is 2. The molecule has 188 valence electrons. The predicted octanol–water partition coefficient (Wildman–Crippen LogP) is 3.49. The summed E-state index contributed by atoms with van der Waals surface area (Å²) in [4.78, 5) is 33.9. The number of piperazine rings is 1. The molecule has 0 aliphatic carbocycles. The zero-order valence-corrected chi connectivity index (χ0v) is 22.0. The standard InChI is InChI=1S/C25H33BrN6O3/c1-5-23(33)28-20-13-18(27-24-25(34)30(4)15-22(26)29-24)6-7-21(20)32-10-9-31(14-16(32)2)19-8-11-35-17(3)12-19/h5-7,13,15-17,19H,1,8-12,14H2,2-4H3,(H,27,29)(H,28,33)/t16-,17+,19-/m0/s1. The van der Waals surface area contributed by atoms with Gasteiger partial charge in [-0.3, -0.25) is 14.5 Å². The number of carbonyl (C=O) groups is 1. The van der Waals surface area contributed by atoms with Gasteiger partial charge < -0.3 is 24.8 Å². The van der Waals surface area contributed by atoms with Crippen LogP contribution in [0.25, 0.3) is 0 Å². The quantitative estimate of drug-likeness (QED) is 0.537. The Morgan fingerprint density at radius 1 is 1.31 bits per heavy atom. The van der Waals surface area contributed by atoms with Crippen LogP contribution in [0.5, 0.6) is 0 Å². The number of amides is 1. The van der Waals surface area contributed by atoms with Crippen LogP contribution in [0.2, 0.25) is 0 Å². The summed E-state index contributed by atoms with van der Waals surface area (Å²) < 4.78 is 7.73. The van der Waals surface area contributed by atoms with Crippen LogP contribution in [0, 0.1) is 0 Å². The Morgan fingerprint density at radius 2 is 2.11 bits per heavy atom. The number of anilines is 4. The van der Waals surface area contributed by atoms with Gasteiger partial charge in [0.25, 0.3) is 5.56 Å². The van der Waals surface area contributed by atoms with Crippen LogP contribution in [-0.4, -0.2) is 64.8 Å². The Labute approximate surface area is 214 Å². The second-order valence-corrected chi connectivity index (χ2v) is 10.1. The Hall–Kier alpha value is -2.69. The molecule has 3 heterocycles. The first kappa shape index (κ1) is 25.4. The van der Waals surface area contributed by atoms with Crippen LogP contribution in [-0.2, 0) is 16.6 Å². The van der Waals surface area contributed by atoms with Gasteiger partial charge in [-0.05, 0) is 66.9 Å². The largest absolute Gasteiger partial charge is 0.378 e. The van der Waals surface area contributed by atoms with E-state index >= 15 is 0 Å². The molecule has 0 radical (unpaired) electrons. The topological polar surface area (TPSA) is 91.7 Å². The Morgan fingerprint density at radius 3 is 2.83 bits per heavy atom. The normalized spacial score (nSPS) is 23.1. The van der Waals surface area contributed by atoms with Crippen LogP contribution < -0.4 is 21.1 Å². The summed E-state index contributed by atoms with van der Waals surface area (Å²) in [6.07, 6.45) is 5.30. The molecule has 0 bridgehead atoms. The maximum atomic E-state index is 12.5. The highest BCUT2D eigenvalue weighted by Gasteiger charge is 2.32. The third kappa shape index (κ3) is 5.94. The minimum Gasteiger partial charge on any atom is -0.378 e. The van der Waals surface area contributed by atoms with Crippen molar-refractivity contribution in [3.8, 4) is 0 Å². The predicted molar refractivity (Wildman–Crippen MR) is 143 cm³/mol. The maximum absolute atomic E-state index is 12.5. The van der Waals surface area contributed by atoms with Gasteiger partial charge in [-0.25, -0.2) is 4.98 Å². The Kier molecular flexibility index (Phi) is 7.93. The van der Waals surface area contributed by atoms with E-state index in [4.69, 9.17) is 4.74 Å². The third-order valence-corrected chi connectivity index (χ3v) is 7.07. The van der Waals surface area contributed by atoms with Gasteiger partial charge in [0.15, 0.2) is 5.82 Å². The van der Waals surface area contributed by atoms with Gasteiger partial charge in [0.1, 0.15) is 4.60 Å². The van der Waals surface area contributed by atoms with Crippen molar-refractivity contribution in [2.45, 2.75) is 44.9 Å². The highest BCUT2D eigenvalue weighted by molar-refractivity contribution is 9.10. The molecule has 0 unspecified atom stereocenters. The number of nitrogens with zero attached hydrogens (tertiary/aromatic N) is 4. The molecule has 2 aliphatic heterocycles. The highest BCUT2D eigenvalue weighted by atomic mass is 79.9. The van der Waals surface area contributed by atoms with E-state index in [0.717, 1.165) is 44.8 Å². The average Bonchev–Trinajstić information content (AvgIpc) is 2.82. The average molecular weight is 545 g/mol. The second-order valence-electron chi connectivity index (χ2n) is 9.28. The number of hydrogen-bond acceptors (Lipinski definition) is 7. The number of carbonyl (C=O) groups excluding carboxylic acids is 1. The molecule has 1 aromatic heterocycles. The number of benzene rings is 1. The van der Waals surface area contributed by atoms with Crippen LogP contribution >= 0.6 is 15.9 Å². The summed E-state index contributed by atoms with van der Waals surface area (Å²) in [5.74, 6) is -0.0920. The molecule has 9 nitrogen and oxygen atoms in total. The summed E-state index contributed by atoms with van der Waals surface area (Å²) in [5, 5.41) is 6.03. The lowest BCUT2D eigenvalue weighted by Crippen LogP contribution is -2.56. The molecule has 2 fully saturated rings. The number of rotatable bonds is 6. The second kappa shape index (κ2) is 10.9. The van der Waals surface area contributed by atoms with Gasteiger partial charge in [0.05, 0.1) is 17.5 Å². The van der Waals surface area contributed by atoms with Crippen molar-refractivity contribution < 1.29 is 9.53 Å². The van der Waals surface area contributed by atoms with E-state index in [2.05, 4.69) is 61.8 Å². The van der Waals surface area contributed by atoms with Crippen LogP contribution in [0.1, 0.15) is 26.7 Å². The number of halogens is 1. The molecule has 4 rings (SSSR count). The van der Waals surface area contributed by atoms with Crippen molar-refractivity contribution in [1.82, 2.24) is 14.5 Å². The first-order valence-electron chi connectivity index (χ1n) is 11.9. The van der Waals surface area contributed by atoms with Crippen molar-refractivity contribution >= 4 is 44.7 Å². The van der Waals surface area contributed by atoms with Crippen molar-refractivity contribution in [2.24, 2.45) is 7.05 Å². The molecular weight excluding hydrogens is 512 g/mol. The summed E-state index contributed by atoms with van der Waals surface area (Å²) in [6, 6.07) is 6.53. The van der Waals surface area contributed by atoms with E-state index in [1.54, 1.807) is 13.2 Å². The molecule has 2 saturated heterocycles. The van der Waals surface area contributed by atoms with Gasteiger partial charge in [0, 0.05) is 57.3 Å². The van der Waals surface area contributed by atoms with Crippen LogP contribution in [0.15, 0.2) is 46.4 Å². The monoisotopic (exact) mass is 544 g/mol. The van der Waals surface area contributed by atoms with Crippen LogP contribution in [0.3, 0.4) is 0 Å². The number of hydrogen-bond donors (Lipinski definition) is 2. The lowest BCUT2D eigenvalue weighted by Gasteiger charge is -2.46. The molecular formula is C25H33BrN6O3. The summed E-state index contributed by atoms with van der Waals surface area (Å²) in [5.41, 5.74) is 2.00. The Balaban J connectivity index is 1.57. The van der Waals surface area contributed by atoms with Crippen molar-refractivity contribution in [3.05, 3.63) is 52.0 Å². The zero-order chi connectivity index (χ0) is 25.1. The first-order chi connectivity index (χ1) is 16.7. The van der Waals surface area contributed by atoms with Gasteiger partial charge in [0.2, 0.25) is 5.91 Å². The zero-order valence-electron chi connectivity index (χ0n) is 20.5. The first-order valence-corrected chi connectivity index (χ1v) is 12.7. The fourth-order valence-corrected chi connectivity index (χ4v) is 5.40. The molecule has 35 heavy (non-hydrogen) atoms. The highest BCUT2D eigenvalue weighted by Crippen LogP contribution is 2.33. The minimum atomic E-state index is -0.289. The summed E-state index contributed by atoms with van der Waals surface area (Å²) >= 11 is 3.33. The maximum Gasteiger partial charge on any atom is 0.293 e. The molecule has 3 atom stereocenters. The van der Waals surface area contributed by atoms with E-state index in [1.165, 1.54) is 10.6 Å². The Bertz CT molecular complexity index is 1150. The molecule has 0 saturated carbocycles. The van der Waals surface area contributed by atoms with Crippen molar-refractivity contribution in [3.63, 3.8) is 0 Å². The SMILES string of the molecule is C=CC(=O)Nc1cc(Nc2nc(Br)cn(C)c2=O)ccc1N1CCN([C@H]2CCO[C@H](C)C2)C[C@@H]1C. The van der Waals surface area contributed by atoms with Crippen molar-refractivity contribution in [1.29, 1.82) is 0 Å². The van der Waals surface area contributed by atoms with E-state index in [9.17, 15) is 9.59 Å². The lowest BCUT2D eigenvalue weighted by atomic mass is 10.00. The van der Waals surface area contributed by atoms with Crippen LogP contribution in [0.4, 0.5) is 22.9 Å². The fraction of sp³-hybridized carbons (Fsp3) is 0.480. The van der Waals surface area contributed by atoms with E-state index in [0.29, 0.717) is 28.1 Å². The summed E-state index contributed by atoms with van der Waals surface area (Å²) in [7, 11) is 1.67. The van der Waals surface area contributed by atoms with E-state index < -0.39 is 0 Å². The number of aromatic nitrogens is 2. The minimum absolute atomic E-state index is 0.197. The van der Waals surface area contributed by atoms with Crippen molar-refractivity contribution in [2.75, 3.05) is 41.8 Å². The number of ether oxygens (including phenoxy) is 1. The molecule has 2 aromatic rings. The van der Waals surface area contributed by atoms with Gasteiger partial charge in [-0.15, -0.1) is 0 Å². The molecule has 1 aromatic carbocycles. The molecule has 0 spiro atoms. The van der Waals surface area contributed by atoms with E-state index in [1.807, 2.05) is 18.2 Å². The van der Waals surface area contributed by atoms with Gasteiger partial charge in [-0.2, -0.15) is 0 Å². The summed E-state index contributed by atoms with van der Waals surface area (Å²) in [6.45, 7) is 11.5. The van der Waals surface area contributed by atoms with Gasteiger partial charge in [-0.1, -0.05) is 6.58 Å². The molecule has 10 heteroatoms. The molecule has 2 aliphatic rings. The smallest absolute Gasteiger partial charge is 0.293 e. The molecule has 1 amide bonds.